The Morgan fingerprint density at radius 3 is 2.50 bits per heavy atom. The fraction of sp³-hybridized carbons (Fsp3) is 0. The smallest absolute Gasteiger partial charge is 0.123 e. The summed E-state index contributed by atoms with van der Waals surface area (Å²) in [5, 5.41) is 0. The summed E-state index contributed by atoms with van der Waals surface area (Å²) in [6.45, 7) is 0. The highest BCUT2D eigenvalue weighted by molar-refractivity contribution is 9.13. The van der Waals surface area contributed by atoms with E-state index in [1.54, 1.807) is 6.20 Å². The molecule has 8 heavy (non-hydrogen) atoms. The molecule has 4 heteroatoms. The number of aromatic nitrogens is 2. The van der Waals surface area contributed by atoms with E-state index in [0.29, 0.717) is 0 Å². The van der Waals surface area contributed by atoms with E-state index in [-0.39, 0.29) is 0 Å². The molecule has 0 aliphatic carbocycles. The van der Waals surface area contributed by atoms with Crippen molar-refractivity contribution in [2.24, 2.45) is 0 Å². The van der Waals surface area contributed by atoms with Gasteiger partial charge in [0.25, 0.3) is 0 Å². The molecular formula is C4H2Br2N2. The molecule has 0 N–H and O–H groups in total. The van der Waals surface area contributed by atoms with Crippen LogP contribution in [0.25, 0.3) is 0 Å². The zero-order valence-electron chi connectivity index (χ0n) is 3.81. The number of hydrogen-bond donors (Lipinski definition) is 0. The maximum atomic E-state index is 3.84. The second-order valence-corrected chi connectivity index (χ2v) is 2.77. The fourth-order valence-corrected chi connectivity index (χ4v) is 0.712. The number of rotatable bonds is 0. The van der Waals surface area contributed by atoms with Crippen LogP contribution in [0, 0.1) is 0 Å². The molecule has 0 saturated carbocycles. The zero-order valence-corrected chi connectivity index (χ0v) is 6.98. The summed E-state index contributed by atoms with van der Waals surface area (Å²) < 4.78 is 1.66. The van der Waals surface area contributed by atoms with Gasteiger partial charge in [0.2, 0.25) is 0 Å². The normalized spacial score (nSPS) is 9.25. The molecule has 42 valence electrons. The molecule has 0 saturated heterocycles. The highest BCUT2D eigenvalue weighted by Gasteiger charge is 1.91. The second-order valence-electron chi connectivity index (χ2n) is 1.16. The summed E-state index contributed by atoms with van der Waals surface area (Å²) in [6, 6.07) is 0. The van der Waals surface area contributed by atoms with Crippen molar-refractivity contribution in [2.45, 2.75) is 0 Å². The predicted molar refractivity (Wildman–Crippen MR) is 37.4 cm³/mol. The third-order valence-corrected chi connectivity index (χ3v) is 2.37. The van der Waals surface area contributed by atoms with Gasteiger partial charge in [-0.1, -0.05) is 0 Å². The van der Waals surface area contributed by atoms with Crippen molar-refractivity contribution >= 4 is 31.9 Å². The van der Waals surface area contributed by atoms with Crippen LogP contribution in [0.5, 0.6) is 0 Å². The third kappa shape index (κ3) is 1.26. The van der Waals surface area contributed by atoms with Crippen LogP contribution < -0.4 is 0 Å². The van der Waals surface area contributed by atoms with E-state index in [9.17, 15) is 0 Å². The van der Waals surface area contributed by atoms with Crippen LogP contribution in [0.15, 0.2) is 21.6 Å². The van der Waals surface area contributed by atoms with E-state index >= 15 is 0 Å². The summed E-state index contributed by atoms with van der Waals surface area (Å²) >= 11 is 6.42. The summed E-state index contributed by atoms with van der Waals surface area (Å²) in [5.74, 6) is 0. The first-order valence-electron chi connectivity index (χ1n) is 1.91. The highest BCUT2D eigenvalue weighted by Crippen LogP contribution is 2.16. The standard InChI is InChI=1S/C4H2Br2N2/c5-3-1-7-2-8-4(3)6/h1-2H. The molecule has 1 aromatic heterocycles. The number of halogens is 2. The largest absolute Gasteiger partial charge is 0.244 e. The lowest BCUT2D eigenvalue weighted by atomic mass is 10.7. The topological polar surface area (TPSA) is 25.8 Å². The minimum Gasteiger partial charge on any atom is -0.244 e. The van der Waals surface area contributed by atoms with Gasteiger partial charge in [0, 0.05) is 6.20 Å². The Balaban J connectivity index is 3.13. The van der Waals surface area contributed by atoms with E-state index < -0.39 is 0 Å². The second kappa shape index (κ2) is 2.55. The predicted octanol–water partition coefficient (Wildman–Crippen LogP) is 2.00. The molecule has 0 aromatic carbocycles. The van der Waals surface area contributed by atoms with Gasteiger partial charge in [-0.05, 0) is 31.9 Å². The Bertz CT molecular complexity index is 168. The Morgan fingerprint density at radius 2 is 2.12 bits per heavy atom. The van der Waals surface area contributed by atoms with Gasteiger partial charge in [-0.15, -0.1) is 0 Å². The quantitative estimate of drug-likeness (QED) is 0.646. The highest BCUT2D eigenvalue weighted by atomic mass is 79.9. The SMILES string of the molecule is Brc1cncnc1Br. The Morgan fingerprint density at radius 1 is 1.38 bits per heavy atom. The molecular weight excluding hydrogens is 236 g/mol. The van der Waals surface area contributed by atoms with Gasteiger partial charge >= 0.3 is 0 Å². The van der Waals surface area contributed by atoms with E-state index in [4.69, 9.17) is 0 Å². The summed E-state index contributed by atoms with van der Waals surface area (Å²) in [5.41, 5.74) is 0. The van der Waals surface area contributed by atoms with E-state index in [1.165, 1.54) is 6.33 Å². The molecule has 0 aliphatic rings. The Labute approximate surface area is 63.6 Å². The van der Waals surface area contributed by atoms with Crippen LogP contribution in [-0.4, -0.2) is 9.97 Å². The first kappa shape index (κ1) is 6.16. The Hall–Kier alpha value is 0.0400. The van der Waals surface area contributed by atoms with Gasteiger partial charge in [-0.3, -0.25) is 0 Å². The van der Waals surface area contributed by atoms with Gasteiger partial charge in [0.15, 0.2) is 0 Å². The van der Waals surface area contributed by atoms with Crippen molar-refractivity contribution in [1.82, 2.24) is 9.97 Å². The van der Waals surface area contributed by atoms with E-state index in [2.05, 4.69) is 41.8 Å². The molecule has 1 rings (SSSR count). The van der Waals surface area contributed by atoms with Gasteiger partial charge in [-0.25, -0.2) is 9.97 Å². The molecule has 0 unspecified atom stereocenters. The van der Waals surface area contributed by atoms with Crippen LogP contribution in [0.1, 0.15) is 0 Å². The lowest BCUT2D eigenvalue weighted by molar-refractivity contribution is 1.12. The molecule has 0 bridgehead atoms. The molecule has 0 amide bonds. The summed E-state index contributed by atoms with van der Waals surface area (Å²) in [4.78, 5) is 7.59. The van der Waals surface area contributed by atoms with E-state index in [0.717, 1.165) is 9.08 Å². The van der Waals surface area contributed by atoms with Crippen LogP contribution in [0.2, 0.25) is 0 Å². The summed E-state index contributed by atoms with van der Waals surface area (Å²) in [7, 11) is 0. The first-order valence-corrected chi connectivity index (χ1v) is 3.50. The van der Waals surface area contributed by atoms with Crippen LogP contribution in [0.3, 0.4) is 0 Å². The Kier molecular flexibility index (Phi) is 1.96. The monoisotopic (exact) mass is 236 g/mol. The molecule has 0 aliphatic heterocycles. The molecule has 0 fully saturated rings. The van der Waals surface area contributed by atoms with Crippen LogP contribution >= 0.6 is 31.9 Å². The average Bonchev–Trinajstić information content (AvgIpc) is 1.77. The molecule has 0 radical (unpaired) electrons. The third-order valence-electron chi connectivity index (χ3n) is 0.623. The molecule has 2 nitrogen and oxygen atoms in total. The molecule has 1 aromatic rings. The minimum atomic E-state index is 0.785. The van der Waals surface area contributed by atoms with Crippen molar-refractivity contribution in [2.75, 3.05) is 0 Å². The average molecular weight is 238 g/mol. The molecule has 0 atom stereocenters. The van der Waals surface area contributed by atoms with Gasteiger partial charge in [0.05, 0.1) is 4.47 Å². The van der Waals surface area contributed by atoms with Gasteiger partial charge in [0.1, 0.15) is 10.9 Å². The number of hydrogen-bond acceptors (Lipinski definition) is 2. The summed E-state index contributed by atoms with van der Waals surface area (Å²) in [6.07, 6.45) is 3.16. The van der Waals surface area contributed by atoms with Gasteiger partial charge in [-0.2, -0.15) is 0 Å². The first-order chi connectivity index (χ1) is 3.80. The van der Waals surface area contributed by atoms with Crippen molar-refractivity contribution < 1.29 is 0 Å². The number of nitrogens with zero attached hydrogens (tertiary/aromatic N) is 2. The maximum absolute atomic E-state index is 3.84. The fourth-order valence-electron chi connectivity index (χ4n) is 0.298. The molecule has 1 heterocycles. The van der Waals surface area contributed by atoms with Crippen molar-refractivity contribution in [3.8, 4) is 0 Å². The van der Waals surface area contributed by atoms with Crippen molar-refractivity contribution in [3.05, 3.63) is 21.6 Å². The lowest BCUT2D eigenvalue weighted by Crippen LogP contribution is -1.77. The van der Waals surface area contributed by atoms with Crippen LogP contribution in [0.4, 0.5) is 0 Å². The minimum absolute atomic E-state index is 0.785. The van der Waals surface area contributed by atoms with Crippen molar-refractivity contribution in [3.63, 3.8) is 0 Å². The van der Waals surface area contributed by atoms with Crippen LogP contribution in [-0.2, 0) is 0 Å². The van der Waals surface area contributed by atoms with E-state index in [1.807, 2.05) is 0 Å². The molecule has 0 spiro atoms. The lowest BCUT2D eigenvalue weighted by Gasteiger charge is -1.87. The van der Waals surface area contributed by atoms with Gasteiger partial charge < -0.3 is 0 Å². The zero-order chi connectivity index (χ0) is 5.98. The van der Waals surface area contributed by atoms with Crippen molar-refractivity contribution in [1.29, 1.82) is 0 Å². The maximum Gasteiger partial charge on any atom is 0.123 e.